The summed E-state index contributed by atoms with van der Waals surface area (Å²) in [6.45, 7) is 0. The van der Waals surface area contributed by atoms with Gasteiger partial charge in [0.25, 0.3) is 0 Å². The first-order valence-corrected chi connectivity index (χ1v) is 4.75. The summed E-state index contributed by atoms with van der Waals surface area (Å²) in [4.78, 5) is 8.37. The van der Waals surface area contributed by atoms with Crippen molar-refractivity contribution in [2.75, 3.05) is 0 Å². The van der Waals surface area contributed by atoms with Crippen LogP contribution >= 0.6 is 0 Å². The maximum atomic E-state index is 4.18. The molecule has 2 aromatic rings. The summed E-state index contributed by atoms with van der Waals surface area (Å²) in [6, 6.07) is 12.2. The Bertz CT molecular complexity index is 331. The van der Waals surface area contributed by atoms with Crippen molar-refractivity contribution < 1.29 is 0 Å². The van der Waals surface area contributed by atoms with Crippen LogP contribution in [-0.4, -0.2) is 9.97 Å². The lowest BCUT2D eigenvalue weighted by molar-refractivity contribution is 0.858. The summed E-state index contributed by atoms with van der Waals surface area (Å²) in [7, 11) is 0. The van der Waals surface area contributed by atoms with Gasteiger partial charge in [-0.1, -0.05) is 30.3 Å². The van der Waals surface area contributed by atoms with E-state index in [0.29, 0.717) is 0 Å². The van der Waals surface area contributed by atoms with Crippen molar-refractivity contribution in [2.24, 2.45) is 0 Å². The lowest BCUT2D eigenvalue weighted by Gasteiger charge is -1.99. The molecule has 0 amide bonds. The zero-order valence-corrected chi connectivity index (χ0v) is 7.93. The molecular weight excluding hydrogens is 172 g/mol. The summed E-state index contributed by atoms with van der Waals surface area (Å²) in [5.41, 5.74) is 1.33. The molecule has 0 aliphatic heterocycles. The normalized spacial score (nSPS) is 10.0. The Hall–Kier alpha value is -1.70. The molecule has 0 fully saturated rings. The second kappa shape index (κ2) is 4.51. The first kappa shape index (κ1) is 8.88. The summed E-state index contributed by atoms with van der Waals surface area (Å²) in [5.74, 6) is 0.913. The highest BCUT2D eigenvalue weighted by Crippen LogP contribution is 2.02. The number of aryl methyl sites for hydroxylation is 2. The van der Waals surface area contributed by atoms with Crippen LogP contribution in [0.25, 0.3) is 0 Å². The highest BCUT2D eigenvalue weighted by atomic mass is 14.8. The van der Waals surface area contributed by atoms with Crippen LogP contribution in [0.2, 0.25) is 0 Å². The number of benzene rings is 1. The Labute approximate surface area is 83.7 Å². The van der Waals surface area contributed by atoms with E-state index in [2.05, 4.69) is 34.2 Å². The van der Waals surface area contributed by atoms with Gasteiger partial charge in [0.2, 0.25) is 0 Å². The average Bonchev–Trinajstić information content (AvgIpc) is 2.29. The van der Waals surface area contributed by atoms with Gasteiger partial charge < -0.3 is 0 Å². The van der Waals surface area contributed by atoms with Crippen molar-refractivity contribution in [3.8, 4) is 0 Å². The monoisotopic (exact) mass is 184 g/mol. The van der Waals surface area contributed by atoms with Gasteiger partial charge in [0.05, 0.1) is 0 Å². The molecule has 0 N–H and O–H groups in total. The second-order valence-electron chi connectivity index (χ2n) is 3.15. The molecule has 0 aliphatic carbocycles. The van der Waals surface area contributed by atoms with E-state index in [4.69, 9.17) is 0 Å². The minimum Gasteiger partial charge on any atom is -0.241 e. The van der Waals surface area contributed by atoms with E-state index in [1.54, 1.807) is 12.4 Å². The van der Waals surface area contributed by atoms with Crippen LogP contribution in [0.1, 0.15) is 11.4 Å². The Morgan fingerprint density at radius 1 is 0.786 bits per heavy atom. The van der Waals surface area contributed by atoms with Crippen LogP contribution in [0, 0.1) is 0 Å². The number of hydrogen-bond acceptors (Lipinski definition) is 2. The number of hydrogen-bond donors (Lipinski definition) is 0. The fourth-order valence-electron chi connectivity index (χ4n) is 1.36. The Kier molecular flexibility index (Phi) is 2.86. The minimum absolute atomic E-state index is 0.908. The van der Waals surface area contributed by atoms with Crippen molar-refractivity contribution in [3.63, 3.8) is 0 Å². The van der Waals surface area contributed by atoms with Crippen LogP contribution in [-0.2, 0) is 12.8 Å². The fraction of sp³-hybridized carbons (Fsp3) is 0.167. The van der Waals surface area contributed by atoms with Crippen LogP contribution in [0.4, 0.5) is 0 Å². The minimum atomic E-state index is 0.908. The number of rotatable bonds is 3. The molecule has 0 spiro atoms. The smallest absolute Gasteiger partial charge is 0.128 e. The summed E-state index contributed by atoms with van der Waals surface area (Å²) in [6.07, 6.45) is 5.48. The molecule has 0 atom stereocenters. The van der Waals surface area contributed by atoms with Crippen molar-refractivity contribution in [1.29, 1.82) is 0 Å². The van der Waals surface area contributed by atoms with Crippen molar-refractivity contribution in [2.45, 2.75) is 12.8 Å². The Morgan fingerprint density at radius 2 is 1.50 bits per heavy atom. The van der Waals surface area contributed by atoms with Gasteiger partial charge in [-0.25, -0.2) is 9.97 Å². The van der Waals surface area contributed by atoms with Gasteiger partial charge in [-0.2, -0.15) is 0 Å². The SMILES string of the molecule is c1ccc(CCc2ncccn2)cc1. The van der Waals surface area contributed by atoms with Crippen molar-refractivity contribution >= 4 is 0 Å². The molecule has 0 bridgehead atoms. The molecule has 1 aromatic carbocycles. The second-order valence-corrected chi connectivity index (χ2v) is 3.15. The maximum Gasteiger partial charge on any atom is 0.128 e. The molecule has 2 heteroatoms. The van der Waals surface area contributed by atoms with Crippen LogP contribution < -0.4 is 0 Å². The summed E-state index contributed by atoms with van der Waals surface area (Å²) >= 11 is 0. The van der Waals surface area contributed by atoms with Crippen molar-refractivity contribution in [3.05, 3.63) is 60.2 Å². The van der Waals surface area contributed by atoms with Gasteiger partial charge in [0, 0.05) is 18.8 Å². The van der Waals surface area contributed by atoms with Gasteiger partial charge in [-0.15, -0.1) is 0 Å². The highest BCUT2D eigenvalue weighted by Gasteiger charge is 1.95. The highest BCUT2D eigenvalue weighted by molar-refractivity contribution is 5.15. The number of aromatic nitrogens is 2. The first-order valence-electron chi connectivity index (χ1n) is 4.75. The zero-order chi connectivity index (χ0) is 9.64. The molecule has 2 rings (SSSR count). The molecule has 2 nitrogen and oxygen atoms in total. The van der Waals surface area contributed by atoms with E-state index in [9.17, 15) is 0 Å². The quantitative estimate of drug-likeness (QED) is 0.731. The van der Waals surface area contributed by atoms with Crippen LogP contribution in [0.3, 0.4) is 0 Å². The molecule has 0 aliphatic rings. The molecule has 70 valence electrons. The largest absolute Gasteiger partial charge is 0.241 e. The number of nitrogens with zero attached hydrogens (tertiary/aromatic N) is 2. The third kappa shape index (κ3) is 2.39. The van der Waals surface area contributed by atoms with E-state index in [1.807, 2.05) is 12.1 Å². The predicted molar refractivity (Wildman–Crippen MR) is 55.9 cm³/mol. The standard InChI is InChI=1S/C12H12N2/c1-2-5-11(6-3-1)7-8-12-13-9-4-10-14-12/h1-6,9-10H,7-8H2. The van der Waals surface area contributed by atoms with Crippen LogP contribution in [0.5, 0.6) is 0 Å². The van der Waals surface area contributed by atoms with Gasteiger partial charge in [-0.05, 0) is 18.1 Å². The van der Waals surface area contributed by atoms with Gasteiger partial charge in [-0.3, -0.25) is 0 Å². The molecule has 0 saturated carbocycles. The van der Waals surface area contributed by atoms with Crippen LogP contribution in [0.15, 0.2) is 48.8 Å². The molecule has 0 radical (unpaired) electrons. The predicted octanol–water partition coefficient (Wildman–Crippen LogP) is 2.26. The van der Waals surface area contributed by atoms with E-state index in [-0.39, 0.29) is 0 Å². The molecular formula is C12H12N2. The molecule has 1 aromatic heterocycles. The third-order valence-corrected chi connectivity index (χ3v) is 2.10. The lowest BCUT2D eigenvalue weighted by Crippen LogP contribution is -1.96. The van der Waals surface area contributed by atoms with Gasteiger partial charge in [0.1, 0.15) is 5.82 Å². The summed E-state index contributed by atoms with van der Waals surface area (Å²) in [5, 5.41) is 0. The molecule has 0 unspecified atom stereocenters. The third-order valence-electron chi connectivity index (χ3n) is 2.10. The lowest BCUT2D eigenvalue weighted by atomic mass is 10.1. The average molecular weight is 184 g/mol. The van der Waals surface area contributed by atoms with Crippen molar-refractivity contribution in [1.82, 2.24) is 9.97 Å². The topological polar surface area (TPSA) is 25.8 Å². The molecule has 1 heterocycles. The zero-order valence-electron chi connectivity index (χ0n) is 7.93. The fourth-order valence-corrected chi connectivity index (χ4v) is 1.36. The van der Waals surface area contributed by atoms with E-state index in [0.717, 1.165) is 18.7 Å². The van der Waals surface area contributed by atoms with E-state index < -0.39 is 0 Å². The Morgan fingerprint density at radius 3 is 2.21 bits per heavy atom. The van der Waals surface area contributed by atoms with E-state index in [1.165, 1.54) is 5.56 Å². The molecule has 0 saturated heterocycles. The first-order chi connectivity index (χ1) is 6.95. The summed E-state index contributed by atoms with van der Waals surface area (Å²) < 4.78 is 0. The van der Waals surface area contributed by atoms with E-state index >= 15 is 0 Å². The van der Waals surface area contributed by atoms with Gasteiger partial charge >= 0.3 is 0 Å². The Balaban J connectivity index is 1.96. The molecule has 14 heavy (non-hydrogen) atoms. The maximum absolute atomic E-state index is 4.18. The van der Waals surface area contributed by atoms with Gasteiger partial charge in [0.15, 0.2) is 0 Å².